The molecule has 0 aromatic heterocycles. The predicted molar refractivity (Wildman–Crippen MR) is 71.3 cm³/mol. The van der Waals surface area contributed by atoms with E-state index in [1.807, 2.05) is 38.1 Å². The SMILES string of the molecule is Cc1ccc(OCC(C)NCC(N)C(N)=O)cc1. The first-order valence-electron chi connectivity index (χ1n) is 5.97. The van der Waals surface area contributed by atoms with E-state index < -0.39 is 11.9 Å². The molecule has 1 rings (SSSR count). The van der Waals surface area contributed by atoms with Crippen LogP contribution in [0.4, 0.5) is 0 Å². The smallest absolute Gasteiger partial charge is 0.235 e. The molecule has 0 saturated carbocycles. The van der Waals surface area contributed by atoms with Crippen molar-refractivity contribution in [3.8, 4) is 5.75 Å². The fraction of sp³-hybridized carbons (Fsp3) is 0.462. The van der Waals surface area contributed by atoms with Crippen LogP contribution in [-0.4, -0.2) is 31.1 Å². The van der Waals surface area contributed by atoms with E-state index in [-0.39, 0.29) is 6.04 Å². The third kappa shape index (κ3) is 5.16. The Morgan fingerprint density at radius 3 is 2.56 bits per heavy atom. The van der Waals surface area contributed by atoms with E-state index in [1.165, 1.54) is 5.56 Å². The molecule has 0 bridgehead atoms. The molecule has 0 radical (unpaired) electrons. The van der Waals surface area contributed by atoms with E-state index in [0.29, 0.717) is 13.2 Å². The molecular formula is C13H21N3O2. The van der Waals surface area contributed by atoms with Gasteiger partial charge >= 0.3 is 0 Å². The molecule has 0 aliphatic heterocycles. The van der Waals surface area contributed by atoms with Gasteiger partial charge in [0.05, 0.1) is 6.04 Å². The summed E-state index contributed by atoms with van der Waals surface area (Å²) in [6, 6.07) is 7.28. The van der Waals surface area contributed by atoms with Crippen molar-refractivity contribution in [3.05, 3.63) is 29.8 Å². The average molecular weight is 251 g/mol. The molecule has 0 aliphatic carbocycles. The third-order valence-electron chi connectivity index (χ3n) is 2.57. The highest BCUT2D eigenvalue weighted by molar-refractivity contribution is 5.79. The first-order valence-corrected chi connectivity index (χ1v) is 5.97. The number of primary amides is 1. The van der Waals surface area contributed by atoms with Crippen LogP contribution in [0.1, 0.15) is 12.5 Å². The third-order valence-corrected chi connectivity index (χ3v) is 2.57. The second-order valence-electron chi connectivity index (χ2n) is 4.44. The second-order valence-corrected chi connectivity index (χ2v) is 4.44. The van der Waals surface area contributed by atoms with E-state index in [4.69, 9.17) is 16.2 Å². The Labute approximate surface area is 107 Å². The fourth-order valence-electron chi connectivity index (χ4n) is 1.34. The molecule has 100 valence electrons. The Balaban J connectivity index is 2.26. The van der Waals surface area contributed by atoms with Crippen LogP contribution in [0.25, 0.3) is 0 Å². The summed E-state index contributed by atoms with van der Waals surface area (Å²) in [5.74, 6) is 0.322. The van der Waals surface area contributed by atoms with Crippen molar-refractivity contribution in [2.75, 3.05) is 13.2 Å². The molecule has 2 atom stereocenters. The maximum absolute atomic E-state index is 10.7. The van der Waals surface area contributed by atoms with E-state index in [0.717, 1.165) is 5.75 Å². The summed E-state index contributed by atoms with van der Waals surface area (Å²) in [7, 11) is 0. The Bertz CT molecular complexity index is 378. The molecule has 0 heterocycles. The molecule has 0 fully saturated rings. The van der Waals surface area contributed by atoms with E-state index in [9.17, 15) is 4.79 Å². The molecule has 2 unspecified atom stereocenters. The minimum Gasteiger partial charge on any atom is -0.492 e. The molecule has 0 aliphatic rings. The molecule has 5 heteroatoms. The van der Waals surface area contributed by atoms with Gasteiger partial charge in [-0.05, 0) is 26.0 Å². The van der Waals surface area contributed by atoms with Crippen molar-refractivity contribution < 1.29 is 9.53 Å². The predicted octanol–water partition coefficient (Wildman–Crippen LogP) is 0.165. The first-order chi connectivity index (χ1) is 8.49. The number of aryl methyl sites for hydroxylation is 1. The van der Waals surface area contributed by atoms with Crippen molar-refractivity contribution in [2.45, 2.75) is 25.9 Å². The minimum atomic E-state index is -0.660. The van der Waals surface area contributed by atoms with Gasteiger partial charge in [0, 0.05) is 12.6 Å². The number of amides is 1. The van der Waals surface area contributed by atoms with Crippen molar-refractivity contribution in [1.82, 2.24) is 5.32 Å². The number of ether oxygens (including phenoxy) is 1. The van der Waals surface area contributed by atoms with Crippen LogP contribution in [-0.2, 0) is 4.79 Å². The van der Waals surface area contributed by atoms with Crippen LogP contribution in [0.15, 0.2) is 24.3 Å². The Kier molecular flexibility index (Phi) is 5.61. The topological polar surface area (TPSA) is 90.4 Å². The van der Waals surface area contributed by atoms with Crippen LogP contribution in [0.5, 0.6) is 5.75 Å². The summed E-state index contributed by atoms with van der Waals surface area (Å²) >= 11 is 0. The van der Waals surface area contributed by atoms with Crippen LogP contribution < -0.4 is 21.5 Å². The molecule has 0 spiro atoms. The largest absolute Gasteiger partial charge is 0.492 e. The van der Waals surface area contributed by atoms with Crippen LogP contribution in [0.3, 0.4) is 0 Å². The molecule has 1 amide bonds. The molecular weight excluding hydrogens is 230 g/mol. The lowest BCUT2D eigenvalue weighted by Crippen LogP contribution is -2.47. The molecule has 0 saturated heterocycles. The normalized spacial score (nSPS) is 13.9. The Morgan fingerprint density at radius 1 is 1.39 bits per heavy atom. The van der Waals surface area contributed by atoms with E-state index in [1.54, 1.807) is 0 Å². The van der Waals surface area contributed by atoms with Gasteiger partial charge in [0.15, 0.2) is 0 Å². The highest BCUT2D eigenvalue weighted by Crippen LogP contribution is 2.11. The summed E-state index contributed by atoms with van der Waals surface area (Å²) in [5, 5.41) is 3.09. The molecule has 5 N–H and O–H groups in total. The monoisotopic (exact) mass is 251 g/mol. The zero-order chi connectivity index (χ0) is 13.5. The number of carbonyl (C=O) groups is 1. The highest BCUT2D eigenvalue weighted by Gasteiger charge is 2.10. The average Bonchev–Trinajstić information content (AvgIpc) is 2.35. The molecule has 1 aromatic rings. The van der Waals surface area contributed by atoms with Gasteiger partial charge in [-0.3, -0.25) is 4.79 Å². The quantitative estimate of drug-likeness (QED) is 0.644. The van der Waals surface area contributed by atoms with Gasteiger partial charge in [-0.25, -0.2) is 0 Å². The van der Waals surface area contributed by atoms with E-state index >= 15 is 0 Å². The van der Waals surface area contributed by atoms with Crippen molar-refractivity contribution >= 4 is 5.91 Å². The standard InChI is InChI=1S/C13H21N3O2/c1-9-3-5-11(6-4-9)18-8-10(2)16-7-12(14)13(15)17/h3-6,10,12,16H,7-8,14H2,1-2H3,(H2,15,17). The van der Waals surface area contributed by atoms with Crippen molar-refractivity contribution in [1.29, 1.82) is 0 Å². The van der Waals surface area contributed by atoms with Gasteiger partial charge in [-0.15, -0.1) is 0 Å². The number of hydrogen-bond acceptors (Lipinski definition) is 4. The van der Waals surface area contributed by atoms with Gasteiger partial charge in [-0.1, -0.05) is 17.7 Å². The fourth-order valence-corrected chi connectivity index (χ4v) is 1.34. The second kappa shape index (κ2) is 6.98. The Hall–Kier alpha value is -1.59. The minimum absolute atomic E-state index is 0.0942. The summed E-state index contributed by atoms with van der Waals surface area (Å²) in [6.45, 7) is 4.85. The molecule has 18 heavy (non-hydrogen) atoms. The van der Waals surface area contributed by atoms with Crippen molar-refractivity contribution in [2.24, 2.45) is 11.5 Å². The molecule has 1 aromatic carbocycles. The summed E-state index contributed by atoms with van der Waals surface area (Å²) in [4.78, 5) is 10.7. The number of hydrogen-bond donors (Lipinski definition) is 3. The highest BCUT2D eigenvalue weighted by atomic mass is 16.5. The lowest BCUT2D eigenvalue weighted by molar-refractivity contribution is -0.119. The molecule has 5 nitrogen and oxygen atoms in total. The lowest BCUT2D eigenvalue weighted by atomic mass is 10.2. The number of rotatable bonds is 7. The lowest BCUT2D eigenvalue weighted by Gasteiger charge is -2.16. The van der Waals surface area contributed by atoms with Gasteiger partial charge < -0.3 is 21.5 Å². The zero-order valence-corrected chi connectivity index (χ0v) is 10.8. The number of nitrogens with one attached hydrogen (secondary N) is 1. The first kappa shape index (κ1) is 14.5. The zero-order valence-electron chi connectivity index (χ0n) is 10.8. The number of carbonyl (C=O) groups excluding carboxylic acids is 1. The van der Waals surface area contributed by atoms with Crippen LogP contribution in [0, 0.1) is 6.92 Å². The summed E-state index contributed by atoms with van der Waals surface area (Å²) in [5.41, 5.74) is 11.8. The summed E-state index contributed by atoms with van der Waals surface area (Å²) < 4.78 is 5.60. The Morgan fingerprint density at radius 2 is 2.00 bits per heavy atom. The number of benzene rings is 1. The van der Waals surface area contributed by atoms with Gasteiger partial charge in [0.25, 0.3) is 0 Å². The maximum atomic E-state index is 10.7. The van der Waals surface area contributed by atoms with Gasteiger partial charge in [0.1, 0.15) is 12.4 Å². The maximum Gasteiger partial charge on any atom is 0.235 e. The van der Waals surface area contributed by atoms with Crippen LogP contribution in [0.2, 0.25) is 0 Å². The van der Waals surface area contributed by atoms with Crippen molar-refractivity contribution in [3.63, 3.8) is 0 Å². The van der Waals surface area contributed by atoms with E-state index in [2.05, 4.69) is 5.32 Å². The van der Waals surface area contributed by atoms with Crippen LogP contribution >= 0.6 is 0 Å². The van der Waals surface area contributed by atoms with Gasteiger partial charge in [0.2, 0.25) is 5.91 Å². The number of nitrogens with two attached hydrogens (primary N) is 2. The van der Waals surface area contributed by atoms with Gasteiger partial charge in [-0.2, -0.15) is 0 Å². The summed E-state index contributed by atoms with van der Waals surface area (Å²) in [6.07, 6.45) is 0.